The van der Waals surface area contributed by atoms with Crippen molar-refractivity contribution in [2.45, 2.75) is 18.8 Å². The third-order valence-corrected chi connectivity index (χ3v) is 5.18. The van der Waals surface area contributed by atoms with Crippen molar-refractivity contribution < 1.29 is 9.26 Å². The summed E-state index contributed by atoms with van der Waals surface area (Å²) in [5.74, 6) is 2.84. The van der Waals surface area contributed by atoms with E-state index in [4.69, 9.17) is 9.26 Å². The van der Waals surface area contributed by atoms with E-state index in [1.165, 1.54) is 6.42 Å². The lowest BCUT2D eigenvalue weighted by Gasteiger charge is -2.07. The second-order valence-corrected chi connectivity index (χ2v) is 6.77. The van der Waals surface area contributed by atoms with Crippen LogP contribution in [0.5, 0.6) is 11.6 Å². The zero-order valence-corrected chi connectivity index (χ0v) is 13.7. The van der Waals surface area contributed by atoms with Crippen LogP contribution in [0.4, 0.5) is 0 Å². The summed E-state index contributed by atoms with van der Waals surface area (Å²) in [6.07, 6.45) is 4.01. The van der Waals surface area contributed by atoms with Gasteiger partial charge in [0.1, 0.15) is 5.75 Å². The Morgan fingerprint density at radius 3 is 2.92 bits per heavy atom. The highest BCUT2D eigenvalue weighted by atomic mass is 16.5. The van der Waals surface area contributed by atoms with E-state index in [1.54, 1.807) is 6.20 Å². The normalized spacial score (nSPS) is 24.6. The first-order valence-corrected chi connectivity index (χ1v) is 8.57. The summed E-state index contributed by atoms with van der Waals surface area (Å²) in [4.78, 5) is 8.98. The molecule has 1 N–H and O–H groups in total. The van der Waals surface area contributed by atoms with E-state index in [2.05, 4.69) is 20.4 Å². The second-order valence-electron chi connectivity index (χ2n) is 6.77. The molecule has 1 aromatic carbocycles. The molecule has 3 aromatic rings. The molecule has 0 radical (unpaired) electrons. The van der Waals surface area contributed by atoms with Crippen LogP contribution in [0.1, 0.15) is 24.7 Å². The fourth-order valence-corrected chi connectivity index (χ4v) is 3.66. The molecule has 5 rings (SSSR count). The van der Waals surface area contributed by atoms with Crippen LogP contribution < -0.4 is 10.1 Å². The highest BCUT2D eigenvalue weighted by Gasteiger charge is 2.58. The van der Waals surface area contributed by atoms with Gasteiger partial charge in [-0.05, 0) is 49.1 Å². The third-order valence-electron chi connectivity index (χ3n) is 5.18. The van der Waals surface area contributed by atoms with Crippen LogP contribution in [0.15, 0.2) is 53.2 Å². The van der Waals surface area contributed by atoms with Gasteiger partial charge in [0.2, 0.25) is 17.6 Å². The van der Waals surface area contributed by atoms with Gasteiger partial charge in [-0.1, -0.05) is 23.4 Å². The van der Waals surface area contributed by atoms with Crippen LogP contribution in [0.25, 0.3) is 11.4 Å². The summed E-state index contributed by atoms with van der Waals surface area (Å²) >= 11 is 0. The number of benzene rings is 1. The molecule has 3 heterocycles. The summed E-state index contributed by atoms with van der Waals surface area (Å²) in [5.41, 5.74) is 1.07. The Bertz CT molecular complexity index is 887. The number of pyridine rings is 1. The zero-order valence-electron chi connectivity index (χ0n) is 13.7. The van der Waals surface area contributed by atoms with Crippen LogP contribution in [0.2, 0.25) is 0 Å². The lowest BCUT2D eigenvalue weighted by Crippen LogP contribution is -2.10. The standard InChI is InChI=1S/C19H18N4O2/c1-2-5-13(6-3-1)24-17-14(7-4-9-21-17)16-22-18(25-23-16)15-11-19(15)8-10-20-12-19/h1-7,9,15,20H,8,10-12H2. The van der Waals surface area contributed by atoms with Crippen LogP contribution in [-0.4, -0.2) is 28.2 Å². The number of nitrogens with one attached hydrogen (secondary N) is 1. The van der Waals surface area contributed by atoms with E-state index in [0.29, 0.717) is 23.0 Å². The fourth-order valence-electron chi connectivity index (χ4n) is 3.66. The predicted octanol–water partition coefficient (Wildman–Crippen LogP) is 3.39. The summed E-state index contributed by atoms with van der Waals surface area (Å²) in [6.45, 7) is 2.12. The van der Waals surface area contributed by atoms with Crippen molar-refractivity contribution in [3.63, 3.8) is 0 Å². The SMILES string of the molecule is c1ccc(Oc2ncccc2-c2noc(C3CC34CCNC4)n2)cc1. The van der Waals surface area contributed by atoms with Crippen LogP contribution in [-0.2, 0) is 0 Å². The first kappa shape index (κ1) is 14.6. The number of aromatic nitrogens is 3. The second kappa shape index (κ2) is 5.67. The predicted molar refractivity (Wildman–Crippen MR) is 91.3 cm³/mol. The van der Waals surface area contributed by atoms with Gasteiger partial charge in [-0.15, -0.1) is 0 Å². The minimum atomic E-state index is 0.335. The molecule has 25 heavy (non-hydrogen) atoms. The van der Waals surface area contributed by atoms with E-state index in [-0.39, 0.29) is 0 Å². The maximum absolute atomic E-state index is 5.90. The minimum absolute atomic E-state index is 0.335. The quantitative estimate of drug-likeness (QED) is 0.788. The number of hydrogen-bond donors (Lipinski definition) is 1. The van der Waals surface area contributed by atoms with Gasteiger partial charge in [0.15, 0.2) is 0 Å². The Morgan fingerprint density at radius 1 is 1.16 bits per heavy atom. The number of para-hydroxylation sites is 1. The summed E-state index contributed by atoms with van der Waals surface area (Å²) in [6, 6.07) is 13.3. The monoisotopic (exact) mass is 334 g/mol. The summed E-state index contributed by atoms with van der Waals surface area (Å²) < 4.78 is 11.5. The Kier molecular flexibility index (Phi) is 3.31. The zero-order chi connectivity index (χ0) is 16.7. The molecule has 6 heteroatoms. The van der Waals surface area contributed by atoms with Crippen molar-refractivity contribution in [3.05, 3.63) is 54.6 Å². The molecule has 1 spiro atoms. The number of ether oxygens (including phenoxy) is 1. The Morgan fingerprint density at radius 2 is 2.08 bits per heavy atom. The van der Waals surface area contributed by atoms with E-state index in [9.17, 15) is 0 Å². The van der Waals surface area contributed by atoms with E-state index in [1.807, 2.05) is 42.5 Å². The van der Waals surface area contributed by atoms with Crippen molar-refractivity contribution in [3.8, 4) is 23.0 Å². The van der Waals surface area contributed by atoms with Gasteiger partial charge < -0.3 is 14.6 Å². The number of rotatable bonds is 4. The summed E-state index contributed by atoms with van der Waals surface area (Å²) in [5, 5.41) is 7.61. The molecule has 2 aliphatic rings. The Labute approximate surface area is 145 Å². The third kappa shape index (κ3) is 2.59. The summed E-state index contributed by atoms with van der Waals surface area (Å²) in [7, 11) is 0. The molecule has 6 nitrogen and oxygen atoms in total. The molecule has 1 aliphatic carbocycles. The molecule has 2 unspecified atom stereocenters. The van der Waals surface area contributed by atoms with Gasteiger partial charge in [-0.25, -0.2) is 4.98 Å². The van der Waals surface area contributed by atoms with Crippen molar-refractivity contribution in [2.75, 3.05) is 13.1 Å². The maximum atomic E-state index is 5.90. The number of hydrogen-bond acceptors (Lipinski definition) is 6. The molecule has 2 atom stereocenters. The smallest absolute Gasteiger partial charge is 0.230 e. The lowest BCUT2D eigenvalue weighted by molar-refractivity contribution is 0.363. The molecular formula is C19H18N4O2. The molecule has 2 fully saturated rings. The van der Waals surface area contributed by atoms with Crippen LogP contribution in [0, 0.1) is 5.41 Å². The maximum Gasteiger partial charge on any atom is 0.230 e. The van der Waals surface area contributed by atoms with Crippen molar-refractivity contribution in [2.24, 2.45) is 5.41 Å². The first-order chi connectivity index (χ1) is 12.3. The van der Waals surface area contributed by atoms with Gasteiger partial charge in [-0.2, -0.15) is 4.98 Å². The topological polar surface area (TPSA) is 73.1 Å². The van der Waals surface area contributed by atoms with Crippen molar-refractivity contribution in [1.82, 2.24) is 20.4 Å². The first-order valence-electron chi connectivity index (χ1n) is 8.57. The van der Waals surface area contributed by atoms with Crippen LogP contribution in [0.3, 0.4) is 0 Å². The van der Waals surface area contributed by atoms with Crippen molar-refractivity contribution >= 4 is 0 Å². The molecule has 1 aliphatic heterocycles. The Balaban J connectivity index is 1.43. The van der Waals surface area contributed by atoms with Gasteiger partial charge >= 0.3 is 0 Å². The molecule has 2 aromatic heterocycles. The molecular weight excluding hydrogens is 316 g/mol. The van der Waals surface area contributed by atoms with E-state index >= 15 is 0 Å². The van der Waals surface area contributed by atoms with Gasteiger partial charge in [0.25, 0.3) is 0 Å². The average molecular weight is 334 g/mol. The molecule has 1 saturated heterocycles. The Hall–Kier alpha value is -2.73. The number of nitrogens with zero attached hydrogens (tertiary/aromatic N) is 3. The van der Waals surface area contributed by atoms with Gasteiger partial charge in [-0.3, -0.25) is 0 Å². The largest absolute Gasteiger partial charge is 0.438 e. The van der Waals surface area contributed by atoms with E-state index < -0.39 is 0 Å². The van der Waals surface area contributed by atoms with Gasteiger partial charge in [0.05, 0.1) is 5.56 Å². The highest BCUT2D eigenvalue weighted by molar-refractivity contribution is 5.61. The molecule has 0 amide bonds. The molecule has 0 bridgehead atoms. The van der Waals surface area contributed by atoms with Crippen LogP contribution >= 0.6 is 0 Å². The van der Waals surface area contributed by atoms with E-state index in [0.717, 1.165) is 36.7 Å². The minimum Gasteiger partial charge on any atom is -0.438 e. The molecule has 1 saturated carbocycles. The fraction of sp³-hybridized carbons (Fsp3) is 0.316. The average Bonchev–Trinajstić information content (AvgIpc) is 3.00. The van der Waals surface area contributed by atoms with Gasteiger partial charge in [0, 0.05) is 18.7 Å². The lowest BCUT2D eigenvalue weighted by atomic mass is 10.0. The highest BCUT2D eigenvalue weighted by Crippen LogP contribution is 2.62. The molecule has 126 valence electrons. The van der Waals surface area contributed by atoms with Crippen molar-refractivity contribution in [1.29, 1.82) is 0 Å².